The Morgan fingerprint density at radius 1 is 1.29 bits per heavy atom. The van der Waals surface area contributed by atoms with E-state index in [9.17, 15) is 4.79 Å². The second kappa shape index (κ2) is 8.59. The number of carbonyl (C=O) groups is 1. The fourth-order valence-electron chi connectivity index (χ4n) is 1.57. The largest absolute Gasteiger partial charge is 0.459 e. The van der Waals surface area contributed by atoms with Crippen molar-refractivity contribution in [2.45, 2.75) is 20.0 Å². The van der Waals surface area contributed by atoms with Gasteiger partial charge in [-0.15, -0.1) is 0 Å². The third kappa shape index (κ3) is 7.06. The number of carbonyl (C=O) groups excluding carboxylic acids is 1. The van der Waals surface area contributed by atoms with E-state index in [2.05, 4.69) is 24.7 Å². The van der Waals surface area contributed by atoms with E-state index in [-0.39, 0.29) is 12.1 Å². The Morgan fingerprint density at radius 2 is 1.90 bits per heavy atom. The van der Waals surface area contributed by atoms with Gasteiger partial charge in [0.2, 0.25) is 0 Å². The van der Waals surface area contributed by atoms with Crippen molar-refractivity contribution in [1.82, 2.24) is 5.32 Å². The van der Waals surface area contributed by atoms with Crippen LogP contribution in [-0.4, -0.2) is 44.4 Å². The molecule has 0 atom stereocenters. The van der Waals surface area contributed by atoms with Gasteiger partial charge in [0.15, 0.2) is 5.11 Å². The molecule has 0 bridgehead atoms. The summed E-state index contributed by atoms with van der Waals surface area (Å²) in [5, 5.41) is 6.79. The molecule has 116 valence electrons. The summed E-state index contributed by atoms with van der Waals surface area (Å²) in [6, 6.07) is 7.06. The second-order valence-corrected chi connectivity index (χ2v) is 5.78. The van der Waals surface area contributed by atoms with Crippen LogP contribution in [0.1, 0.15) is 24.2 Å². The first kappa shape index (κ1) is 17.4. The summed E-state index contributed by atoms with van der Waals surface area (Å²) in [5.74, 6) is -0.314. The molecule has 0 aromatic heterocycles. The van der Waals surface area contributed by atoms with Gasteiger partial charge in [-0.25, -0.2) is 4.79 Å². The number of ether oxygens (including phenoxy) is 1. The van der Waals surface area contributed by atoms with Crippen LogP contribution in [0, 0.1) is 0 Å². The van der Waals surface area contributed by atoms with Crippen LogP contribution in [0.15, 0.2) is 24.3 Å². The molecule has 0 fully saturated rings. The van der Waals surface area contributed by atoms with E-state index in [0.717, 1.165) is 18.8 Å². The highest BCUT2D eigenvalue weighted by Gasteiger charge is 2.08. The number of rotatable bonds is 6. The third-order valence-electron chi connectivity index (χ3n) is 2.63. The van der Waals surface area contributed by atoms with Gasteiger partial charge in [-0.2, -0.15) is 0 Å². The molecule has 0 heterocycles. The summed E-state index contributed by atoms with van der Waals surface area (Å²) >= 11 is 5.21. The standard InChI is InChI=1S/C15H23N3O2S/c1-11(2)20-14(19)12-5-7-13(8-6-12)17-15(21)16-9-10-18(3)4/h5-8,11H,9-10H2,1-4H3,(H2,16,17,21)/p+1. The number of thiocarbonyl (C=S) groups is 1. The minimum absolute atomic E-state index is 0.120. The van der Waals surface area contributed by atoms with E-state index in [1.54, 1.807) is 12.1 Å². The molecular weight excluding hydrogens is 286 g/mol. The molecule has 0 radical (unpaired) electrons. The van der Waals surface area contributed by atoms with Crippen LogP contribution in [0.4, 0.5) is 5.69 Å². The zero-order valence-electron chi connectivity index (χ0n) is 13.0. The van der Waals surface area contributed by atoms with Gasteiger partial charge in [0.1, 0.15) is 0 Å². The Labute approximate surface area is 131 Å². The first-order chi connectivity index (χ1) is 9.88. The lowest BCUT2D eigenvalue weighted by Crippen LogP contribution is -3.06. The quantitative estimate of drug-likeness (QED) is 0.533. The van der Waals surface area contributed by atoms with E-state index < -0.39 is 0 Å². The molecule has 0 aliphatic carbocycles. The summed E-state index contributed by atoms with van der Waals surface area (Å²) in [6.07, 6.45) is -0.120. The first-order valence-corrected chi connectivity index (χ1v) is 7.44. The number of hydrogen-bond donors (Lipinski definition) is 3. The van der Waals surface area contributed by atoms with Crippen molar-refractivity contribution in [2.24, 2.45) is 0 Å². The number of benzene rings is 1. The van der Waals surface area contributed by atoms with Crippen molar-refractivity contribution in [1.29, 1.82) is 0 Å². The molecule has 0 aliphatic rings. The van der Waals surface area contributed by atoms with E-state index >= 15 is 0 Å². The van der Waals surface area contributed by atoms with Crippen molar-refractivity contribution in [3.05, 3.63) is 29.8 Å². The average Bonchev–Trinajstić information content (AvgIpc) is 2.38. The molecule has 0 unspecified atom stereocenters. The van der Waals surface area contributed by atoms with E-state index in [1.807, 2.05) is 26.0 Å². The maximum absolute atomic E-state index is 11.7. The van der Waals surface area contributed by atoms with Crippen molar-refractivity contribution in [3.63, 3.8) is 0 Å². The molecule has 0 amide bonds. The topological polar surface area (TPSA) is 54.8 Å². The van der Waals surface area contributed by atoms with Crippen molar-refractivity contribution < 1.29 is 14.4 Å². The minimum atomic E-state index is -0.314. The van der Waals surface area contributed by atoms with Gasteiger partial charge < -0.3 is 20.3 Å². The number of hydrogen-bond acceptors (Lipinski definition) is 3. The number of anilines is 1. The van der Waals surface area contributed by atoms with Crippen molar-refractivity contribution in [3.8, 4) is 0 Å². The zero-order valence-corrected chi connectivity index (χ0v) is 13.8. The maximum Gasteiger partial charge on any atom is 0.338 e. The smallest absolute Gasteiger partial charge is 0.338 e. The van der Waals surface area contributed by atoms with Gasteiger partial charge in [0, 0.05) is 5.69 Å². The Morgan fingerprint density at radius 3 is 2.43 bits per heavy atom. The molecule has 1 rings (SSSR count). The Bertz CT molecular complexity index is 472. The van der Waals surface area contributed by atoms with Crippen LogP contribution in [-0.2, 0) is 4.74 Å². The predicted octanol–water partition coefficient (Wildman–Crippen LogP) is 0.683. The fourth-order valence-corrected chi connectivity index (χ4v) is 1.79. The lowest BCUT2D eigenvalue weighted by Gasteiger charge is -2.12. The summed E-state index contributed by atoms with van der Waals surface area (Å²) in [6.45, 7) is 5.45. The average molecular weight is 310 g/mol. The molecule has 1 aromatic carbocycles. The third-order valence-corrected chi connectivity index (χ3v) is 2.88. The van der Waals surface area contributed by atoms with Crippen LogP contribution < -0.4 is 15.5 Å². The summed E-state index contributed by atoms with van der Waals surface area (Å²) in [7, 11) is 4.18. The molecule has 3 N–H and O–H groups in total. The fraction of sp³-hybridized carbons (Fsp3) is 0.467. The summed E-state index contributed by atoms with van der Waals surface area (Å²) < 4.78 is 5.13. The second-order valence-electron chi connectivity index (χ2n) is 5.37. The SMILES string of the molecule is CC(C)OC(=O)c1ccc(NC(=S)NCC[NH+](C)C)cc1. The first-order valence-electron chi connectivity index (χ1n) is 7.03. The molecule has 0 saturated heterocycles. The number of quaternary nitrogens is 1. The van der Waals surface area contributed by atoms with Crippen LogP contribution in [0.3, 0.4) is 0 Å². The Hall–Kier alpha value is -1.66. The van der Waals surface area contributed by atoms with Gasteiger partial charge in [-0.1, -0.05) is 0 Å². The van der Waals surface area contributed by atoms with Crippen LogP contribution in [0.5, 0.6) is 0 Å². The molecule has 0 aliphatic heterocycles. The molecule has 5 nitrogen and oxygen atoms in total. The predicted molar refractivity (Wildman–Crippen MR) is 88.9 cm³/mol. The zero-order chi connectivity index (χ0) is 15.8. The molecular formula is C15H24N3O2S+. The van der Waals surface area contributed by atoms with E-state index in [1.165, 1.54) is 4.90 Å². The lowest BCUT2D eigenvalue weighted by atomic mass is 10.2. The maximum atomic E-state index is 11.7. The van der Waals surface area contributed by atoms with Gasteiger partial charge >= 0.3 is 5.97 Å². The monoisotopic (exact) mass is 310 g/mol. The molecule has 0 spiro atoms. The van der Waals surface area contributed by atoms with E-state index in [4.69, 9.17) is 17.0 Å². The van der Waals surface area contributed by atoms with Gasteiger partial charge in [-0.05, 0) is 50.3 Å². The normalized spacial score (nSPS) is 10.6. The van der Waals surface area contributed by atoms with Gasteiger partial charge in [-0.3, -0.25) is 0 Å². The van der Waals surface area contributed by atoms with E-state index in [0.29, 0.717) is 10.7 Å². The number of likely N-dealkylation sites (N-methyl/N-ethyl adjacent to an activating group) is 1. The van der Waals surface area contributed by atoms with Crippen molar-refractivity contribution >= 4 is 29.0 Å². The number of nitrogens with one attached hydrogen (secondary N) is 3. The highest BCUT2D eigenvalue weighted by Crippen LogP contribution is 2.11. The highest BCUT2D eigenvalue weighted by atomic mass is 32.1. The van der Waals surface area contributed by atoms with Gasteiger partial charge in [0.05, 0.1) is 38.9 Å². The highest BCUT2D eigenvalue weighted by molar-refractivity contribution is 7.80. The number of esters is 1. The molecule has 1 aromatic rings. The molecule has 0 saturated carbocycles. The lowest BCUT2D eigenvalue weighted by molar-refractivity contribution is -0.856. The Balaban J connectivity index is 2.47. The summed E-state index contributed by atoms with van der Waals surface area (Å²) in [4.78, 5) is 13.1. The molecule has 21 heavy (non-hydrogen) atoms. The van der Waals surface area contributed by atoms with Crippen LogP contribution >= 0.6 is 12.2 Å². The Kier molecular flexibility index (Phi) is 7.11. The van der Waals surface area contributed by atoms with Gasteiger partial charge in [0.25, 0.3) is 0 Å². The summed E-state index contributed by atoms with van der Waals surface area (Å²) in [5.41, 5.74) is 1.37. The van der Waals surface area contributed by atoms with Crippen molar-refractivity contribution in [2.75, 3.05) is 32.5 Å². The van der Waals surface area contributed by atoms with Crippen LogP contribution in [0.25, 0.3) is 0 Å². The minimum Gasteiger partial charge on any atom is -0.459 e. The molecule has 6 heteroatoms. The van der Waals surface area contributed by atoms with Crippen LogP contribution in [0.2, 0.25) is 0 Å².